The van der Waals surface area contributed by atoms with Crippen LogP contribution in [-0.4, -0.2) is 10.7 Å². The molecule has 0 unspecified atom stereocenters. The zero-order valence-electron chi connectivity index (χ0n) is 13.7. The summed E-state index contributed by atoms with van der Waals surface area (Å²) in [5, 5.41) is 7.43. The molecule has 0 fully saturated rings. The third-order valence-electron chi connectivity index (χ3n) is 3.31. The molecule has 0 spiro atoms. The molecular weight excluding hydrogens is 260 g/mol. The average molecular weight is 286 g/mol. The Kier molecular flexibility index (Phi) is 4.84. The Morgan fingerprint density at radius 1 is 1.14 bits per heavy atom. The van der Waals surface area contributed by atoms with Crippen LogP contribution in [0.2, 0.25) is 0 Å². The minimum Gasteiger partial charge on any atom is -0.356 e. The molecule has 0 radical (unpaired) electrons. The Morgan fingerprint density at radius 2 is 1.81 bits per heavy atom. The van der Waals surface area contributed by atoms with Crippen LogP contribution < -0.4 is 5.32 Å². The Bertz CT molecular complexity index is 562. The van der Waals surface area contributed by atoms with Gasteiger partial charge in [0.2, 0.25) is 0 Å². The second kappa shape index (κ2) is 6.44. The van der Waals surface area contributed by atoms with Crippen LogP contribution >= 0.6 is 0 Å². The molecule has 0 saturated carbocycles. The molecule has 2 aromatic rings. The average Bonchev–Trinajstić information content (AvgIpc) is 2.84. The van der Waals surface area contributed by atoms with Gasteiger partial charge in [0, 0.05) is 23.2 Å². The van der Waals surface area contributed by atoms with Crippen LogP contribution in [-0.2, 0) is 13.0 Å². The molecule has 1 aromatic carbocycles. The quantitative estimate of drug-likeness (QED) is 0.883. The van der Waals surface area contributed by atoms with Crippen LogP contribution in [0.4, 0.5) is 0 Å². The first-order valence-electron chi connectivity index (χ1n) is 7.63. The van der Waals surface area contributed by atoms with Crippen LogP contribution in [0.1, 0.15) is 45.7 Å². The smallest absolute Gasteiger partial charge is 0.171 e. The molecule has 1 aromatic heterocycles. The molecule has 0 bridgehead atoms. The lowest BCUT2D eigenvalue weighted by Gasteiger charge is -2.20. The fourth-order valence-corrected chi connectivity index (χ4v) is 2.25. The van der Waals surface area contributed by atoms with E-state index in [0.29, 0.717) is 5.92 Å². The van der Waals surface area contributed by atoms with Crippen LogP contribution in [0.3, 0.4) is 0 Å². The van der Waals surface area contributed by atoms with Gasteiger partial charge in [-0.15, -0.1) is 0 Å². The van der Waals surface area contributed by atoms with E-state index >= 15 is 0 Å². The molecule has 0 aliphatic heterocycles. The monoisotopic (exact) mass is 286 g/mol. The van der Waals surface area contributed by atoms with E-state index in [1.54, 1.807) is 6.20 Å². The largest absolute Gasteiger partial charge is 0.356 e. The second-order valence-corrected chi connectivity index (χ2v) is 7.08. The number of rotatable bonds is 5. The van der Waals surface area contributed by atoms with Gasteiger partial charge in [-0.3, -0.25) is 0 Å². The number of hydrogen-bond donors (Lipinski definition) is 1. The number of nitrogens with one attached hydrogen (secondary N) is 1. The topological polar surface area (TPSA) is 38.1 Å². The second-order valence-electron chi connectivity index (χ2n) is 7.08. The van der Waals surface area contributed by atoms with Gasteiger partial charge < -0.3 is 9.84 Å². The maximum atomic E-state index is 5.45. The summed E-state index contributed by atoms with van der Waals surface area (Å²) in [6, 6.07) is 8.61. The zero-order chi connectivity index (χ0) is 15.5. The first-order chi connectivity index (χ1) is 9.85. The summed E-state index contributed by atoms with van der Waals surface area (Å²) in [4.78, 5) is 0. The van der Waals surface area contributed by atoms with Crippen molar-refractivity contribution in [1.82, 2.24) is 10.5 Å². The third-order valence-corrected chi connectivity index (χ3v) is 3.31. The lowest BCUT2D eigenvalue weighted by molar-refractivity contribution is 0.418. The van der Waals surface area contributed by atoms with Crippen molar-refractivity contribution in [1.29, 1.82) is 0 Å². The van der Waals surface area contributed by atoms with Crippen molar-refractivity contribution in [3.05, 3.63) is 41.6 Å². The number of hydrogen-bond acceptors (Lipinski definition) is 3. The molecule has 1 heterocycles. The van der Waals surface area contributed by atoms with E-state index in [2.05, 4.69) is 69.4 Å². The Morgan fingerprint density at radius 3 is 2.38 bits per heavy atom. The van der Waals surface area contributed by atoms with E-state index in [1.807, 2.05) is 0 Å². The summed E-state index contributed by atoms with van der Waals surface area (Å²) < 4.78 is 5.45. The fourth-order valence-electron chi connectivity index (χ4n) is 2.25. The van der Waals surface area contributed by atoms with Crippen molar-refractivity contribution in [2.24, 2.45) is 5.92 Å². The van der Waals surface area contributed by atoms with Crippen molar-refractivity contribution in [3.8, 4) is 11.3 Å². The predicted molar refractivity (Wildman–Crippen MR) is 87.1 cm³/mol. The Balaban J connectivity index is 2.13. The number of nitrogens with zero attached hydrogens (tertiary/aromatic N) is 1. The summed E-state index contributed by atoms with van der Waals surface area (Å²) in [7, 11) is 0. The first kappa shape index (κ1) is 15.8. The SMILES string of the molecule is CC(C)Cc1ccc(-c2oncc2CNC(C)(C)C)cc1. The Labute approximate surface area is 127 Å². The van der Waals surface area contributed by atoms with E-state index in [4.69, 9.17) is 4.52 Å². The molecule has 3 nitrogen and oxygen atoms in total. The normalized spacial score (nSPS) is 12.1. The fraction of sp³-hybridized carbons (Fsp3) is 0.500. The lowest BCUT2D eigenvalue weighted by Crippen LogP contribution is -2.35. The molecule has 2 rings (SSSR count). The van der Waals surface area contributed by atoms with Crippen molar-refractivity contribution in [2.75, 3.05) is 0 Å². The van der Waals surface area contributed by atoms with Crippen molar-refractivity contribution < 1.29 is 4.52 Å². The predicted octanol–water partition coefficient (Wildman–Crippen LogP) is 4.43. The van der Waals surface area contributed by atoms with Crippen LogP contribution in [0.15, 0.2) is 35.0 Å². The summed E-state index contributed by atoms with van der Waals surface area (Å²) >= 11 is 0. The van der Waals surface area contributed by atoms with E-state index in [0.717, 1.165) is 29.9 Å². The summed E-state index contributed by atoms with van der Waals surface area (Å²) in [5.41, 5.74) is 3.63. The molecule has 0 atom stereocenters. The van der Waals surface area contributed by atoms with Crippen molar-refractivity contribution >= 4 is 0 Å². The van der Waals surface area contributed by atoms with E-state index < -0.39 is 0 Å². The zero-order valence-corrected chi connectivity index (χ0v) is 13.7. The van der Waals surface area contributed by atoms with Crippen LogP contribution in [0, 0.1) is 5.92 Å². The standard InChI is InChI=1S/C18H26N2O/c1-13(2)10-14-6-8-15(9-7-14)17-16(12-20-21-17)11-19-18(3,4)5/h6-9,12-13,19H,10-11H2,1-5H3. The number of aromatic nitrogens is 1. The molecule has 1 N–H and O–H groups in total. The molecular formula is C18H26N2O. The molecule has 0 amide bonds. The van der Waals surface area contributed by atoms with Gasteiger partial charge in [-0.05, 0) is 38.7 Å². The van der Waals surface area contributed by atoms with Gasteiger partial charge in [0.25, 0.3) is 0 Å². The van der Waals surface area contributed by atoms with Gasteiger partial charge in [0.05, 0.1) is 6.20 Å². The maximum absolute atomic E-state index is 5.45. The molecule has 0 aliphatic rings. The Hall–Kier alpha value is -1.61. The van der Waals surface area contributed by atoms with Gasteiger partial charge in [0.15, 0.2) is 5.76 Å². The molecule has 0 saturated heterocycles. The molecule has 3 heteroatoms. The van der Waals surface area contributed by atoms with E-state index in [1.165, 1.54) is 5.56 Å². The highest BCUT2D eigenvalue weighted by Crippen LogP contribution is 2.25. The maximum Gasteiger partial charge on any atom is 0.171 e. The highest BCUT2D eigenvalue weighted by atomic mass is 16.5. The number of benzene rings is 1. The lowest BCUT2D eigenvalue weighted by atomic mass is 10.0. The van der Waals surface area contributed by atoms with Crippen molar-refractivity contribution in [2.45, 2.75) is 53.1 Å². The minimum absolute atomic E-state index is 0.0790. The van der Waals surface area contributed by atoms with E-state index in [-0.39, 0.29) is 5.54 Å². The third kappa shape index (κ3) is 4.71. The highest BCUT2D eigenvalue weighted by Gasteiger charge is 2.14. The minimum atomic E-state index is 0.0790. The van der Waals surface area contributed by atoms with Crippen molar-refractivity contribution in [3.63, 3.8) is 0 Å². The molecule has 114 valence electrons. The molecule has 21 heavy (non-hydrogen) atoms. The summed E-state index contributed by atoms with van der Waals surface area (Å²) in [6.07, 6.45) is 2.91. The summed E-state index contributed by atoms with van der Waals surface area (Å²) in [6.45, 7) is 11.7. The van der Waals surface area contributed by atoms with E-state index in [9.17, 15) is 0 Å². The first-order valence-corrected chi connectivity index (χ1v) is 7.63. The molecule has 0 aliphatic carbocycles. The van der Waals surface area contributed by atoms with Gasteiger partial charge in [-0.2, -0.15) is 0 Å². The van der Waals surface area contributed by atoms with Crippen LogP contribution in [0.25, 0.3) is 11.3 Å². The van der Waals surface area contributed by atoms with Gasteiger partial charge in [-0.1, -0.05) is 43.3 Å². The van der Waals surface area contributed by atoms with Gasteiger partial charge in [0.1, 0.15) is 0 Å². The van der Waals surface area contributed by atoms with Gasteiger partial charge in [-0.25, -0.2) is 0 Å². The summed E-state index contributed by atoms with van der Waals surface area (Å²) in [5.74, 6) is 1.54. The highest BCUT2D eigenvalue weighted by molar-refractivity contribution is 5.61. The van der Waals surface area contributed by atoms with Crippen LogP contribution in [0.5, 0.6) is 0 Å². The van der Waals surface area contributed by atoms with Gasteiger partial charge >= 0.3 is 0 Å².